The molecular formula is C14H23NO2. The summed E-state index contributed by atoms with van der Waals surface area (Å²) in [6.45, 7) is 4.15. The second-order valence-corrected chi connectivity index (χ2v) is 5.15. The Bertz CT molecular complexity index is 268. The van der Waals surface area contributed by atoms with Gasteiger partial charge in [-0.2, -0.15) is 0 Å². The molecule has 0 aliphatic heterocycles. The summed E-state index contributed by atoms with van der Waals surface area (Å²) >= 11 is 0. The van der Waals surface area contributed by atoms with Crippen LogP contribution in [-0.2, 0) is 9.53 Å². The highest BCUT2D eigenvalue weighted by molar-refractivity contribution is 5.81. The summed E-state index contributed by atoms with van der Waals surface area (Å²) in [5.41, 5.74) is 0. The van der Waals surface area contributed by atoms with Gasteiger partial charge in [0.25, 0.3) is 0 Å². The number of hydrogen-bond acceptors (Lipinski definition) is 3. The zero-order valence-electron chi connectivity index (χ0n) is 10.7. The molecule has 0 unspecified atom stereocenters. The zero-order valence-corrected chi connectivity index (χ0v) is 10.7. The minimum Gasteiger partial charge on any atom is -0.463 e. The SMILES string of the molecule is CCOC(=O)/C=C/CNCC(C1CC1)C1CC1. The topological polar surface area (TPSA) is 38.3 Å². The lowest BCUT2D eigenvalue weighted by atomic mass is 9.98. The van der Waals surface area contributed by atoms with E-state index in [4.69, 9.17) is 4.74 Å². The fourth-order valence-corrected chi connectivity index (χ4v) is 2.45. The van der Waals surface area contributed by atoms with Crippen molar-refractivity contribution in [1.82, 2.24) is 5.32 Å². The number of rotatable bonds is 8. The van der Waals surface area contributed by atoms with Gasteiger partial charge in [-0.3, -0.25) is 0 Å². The number of esters is 1. The highest BCUT2D eigenvalue weighted by Crippen LogP contribution is 2.48. The molecule has 17 heavy (non-hydrogen) atoms. The first-order chi connectivity index (χ1) is 8.31. The predicted octanol–water partition coefficient (Wildman–Crippen LogP) is 2.13. The van der Waals surface area contributed by atoms with Gasteiger partial charge in [0, 0.05) is 12.6 Å². The van der Waals surface area contributed by atoms with E-state index in [1.165, 1.54) is 31.8 Å². The Morgan fingerprint density at radius 3 is 2.53 bits per heavy atom. The van der Waals surface area contributed by atoms with Gasteiger partial charge in [0.2, 0.25) is 0 Å². The lowest BCUT2D eigenvalue weighted by molar-refractivity contribution is -0.137. The minimum absolute atomic E-state index is 0.241. The lowest BCUT2D eigenvalue weighted by Crippen LogP contribution is -2.25. The van der Waals surface area contributed by atoms with Crippen LogP contribution in [0.4, 0.5) is 0 Å². The van der Waals surface area contributed by atoms with E-state index in [9.17, 15) is 4.79 Å². The highest BCUT2D eigenvalue weighted by Gasteiger charge is 2.40. The van der Waals surface area contributed by atoms with Gasteiger partial charge in [0.1, 0.15) is 0 Å². The van der Waals surface area contributed by atoms with E-state index in [1.54, 1.807) is 0 Å². The normalized spacial score (nSPS) is 20.1. The van der Waals surface area contributed by atoms with Crippen molar-refractivity contribution in [3.05, 3.63) is 12.2 Å². The average Bonchev–Trinajstić information content (AvgIpc) is 3.16. The number of carbonyl (C=O) groups excluding carboxylic acids is 1. The van der Waals surface area contributed by atoms with Crippen LogP contribution < -0.4 is 5.32 Å². The second-order valence-electron chi connectivity index (χ2n) is 5.15. The molecule has 96 valence electrons. The summed E-state index contributed by atoms with van der Waals surface area (Å²) in [5.74, 6) is 2.63. The van der Waals surface area contributed by atoms with Crippen molar-refractivity contribution in [3.63, 3.8) is 0 Å². The van der Waals surface area contributed by atoms with Crippen molar-refractivity contribution in [3.8, 4) is 0 Å². The molecule has 0 saturated heterocycles. The molecule has 2 aliphatic rings. The molecule has 0 aromatic carbocycles. The monoisotopic (exact) mass is 237 g/mol. The van der Waals surface area contributed by atoms with Crippen molar-refractivity contribution in [2.45, 2.75) is 32.6 Å². The molecule has 2 fully saturated rings. The summed E-state index contributed by atoms with van der Waals surface area (Å²) in [6, 6.07) is 0. The van der Waals surface area contributed by atoms with E-state index in [2.05, 4.69) is 5.32 Å². The first-order valence-electron chi connectivity index (χ1n) is 6.85. The molecule has 3 nitrogen and oxygen atoms in total. The van der Waals surface area contributed by atoms with Crippen LogP contribution in [0.1, 0.15) is 32.6 Å². The van der Waals surface area contributed by atoms with E-state index in [-0.39, 0.29) is 5.97 Å². The molecule has 0 radical (unpaired) electrons. The van der Waals surface area contributed by atoms with Crippen molar-refractivity contribution in [1.29, 1.82) is 0 Å². The first-order valence-corrected chi connectivity index (χ1v) is 6.85. The van der Waals surface area contributed by atoms with Gasteiger partial charge < -0.3 is 10.1 Å². The fourth-order valence-electron chi connectivity index (χ4n) is 2.45. The summed E-state index contributed by atoms with van der Waals surface area (Å²) < 4.78 is 4.81. The van der Waals surface area contributed by atoms with Crippen LogP contribution in [-0.4, -0.2) is 25.7 Å². The van der Waals surface area contributed by atoms with E-state index < -0.39 is 0 Å². The molecule has 0 aromatic heterocycles. The largest absolute Gasteiger partial charge is 0.463 e. The van der Waals surface area contributed by atoms with Crippen LogP contribution in [0.2, 0.25) is 0 Å². The van der Waals surface area contributed by atoms with Crippen molar-refractivity contribution < 1.29 is 9.53 Å². The van der Waals surface area contributed by atoms with Gasteiger partial charge in [-0.25, -0.2) is 4.79 Å². The molecular weight excluding hydrogens is 214 g/mol. The van der Waals surface area contributed by atoms with Gasteiger partial charge in [-0.15, -0.1) is 0 Å². The Labute approximate surface area is 104 Å². The number of hydrogen-bond donors (Lipinski definition) is 1. The smallest absolute Gasteiger partial charge is 0.330 e. The zero-order chi connectivity index (χ0) is 12.1. The molecule has 0 amide bonds. The van der Waals surface area contributed by atoms with Crippen LogP contribution in [0.5, 0.6) is 0 Å². The van der Waals surface area contributed by atoms with E-state index >= 15 is 0 Å². The maximum Gasteiger partial charge on any atom is 0.330 e. The van der Waals surface area contributed by atoms with Crippen LogP contribution in [0.15, 0.2) is 12.2 Å². The number of nitrogens with one attached hydrogen (secondary N) is 1. The highest BCUT2D eigenvalue weighted by atomic mass is 16.5. The van der Waals surface area contributed by atoms with E-state index in [0.29, 0.717) is 6.61 Å². The van der Waals surface area contributed by atoms with Crippen LogP contribution >= 0.6 is 0 Å². The summed E-state index contributed by atoms with van der Waals surface area (Å²) in [4.78, 5) is 11.0. The number of ether oxygens (including phenoxy) is 1. The molecule has 0 heterocycles. The van der Waals surface area contributed by atoms with Gasteiger partial charge in [0.05, 0.1) is 6.61 Å². The van der Waals surface area contributed by atoms with Crippen molar-refractivity contribution >= 4 is 5.97 Å². The van der Waals surface area contributed by atoms with Gasteiger partial charge in [-0.05, 0) is 56.9 Å². The Morgan fingerprint density at radius 2 is 2.00 bits per heavy atom. The molecule has 3 heteroatoms. The molecule has 2 saturated carbocycles. The molecule has 0 bridgehead atoms. The average molecular weight is 237 g/mol. The van der Waals surface area contributed by atoms with Gasteiger partial charge in [-0.1, -0.05) is 6.08 Å². The quantitative estimate of drug-likeness (QED) is 0.399. The van der Waals surface area contributed by atoms with Gasteiger partial charge in [0.15, 0.2) is 0 Å². The number of carbonyl (C=O) groups is 1. The van der Waals surface area contributed by atoms with E-state index in [0.717, 1.165) is 30.8 Å². The molecule has 0 spiro atoms. The van der Waals surface area contributed by atoms with Crippen LogP contribution in [0.25, 0.3) is 0 Å². The molecule has 0 aromatic rings. The van der Waals surface area contributed by atoms with Crippen molar-refractivity contribution in [2.75, 3.05) is 19.7 Å². The Balaban J connectivity index is 1.57. The predicted molar refractivity (Wildman–Crippen MR) is 67.6 cm³/mol. The second kappa shape index (κ2) is 6.20. The van der Waals surface area contributed by atoms with Gasteiger partial charge >= 0.3 is 5.97 Å². The molecule has 1 N–H and O–H groups in total. The maximum absolute atomic E-state index is 11.0. The Hall–Kier alpha value is -0.830. The first kappa shape index (κ1) is 12.6. The maximum atomic E-state index is 11.0. The van der Waals surface area contributed by atoms with Crippen LogP contribution in [0, 0.1) is 17.8 Å². The third-order valence-corrected chi connectivity index (χ3v) is 3.64. The minimum atomic E-state index is -0.241. The summed E-state index contributed by atoms with van der Waals surface area (Å²) in [7, 11) is 0. The third-order valence-electron chi connectivity index (χ3n) is 3.64. The molecule has 2 rings (SSSR count). The fraction of sp³-hybridized carbons (Fsp3) is 0.786. The van der Waals surface area contributed by atoms with Crippen molar-refractivity contribution in [2.24, 2.45) is 17.8 Å². The Morgan fingerprint density at radius 1 is 1.35 bits per heavy atom. The summed E-state index contributed by atoms with van der Waals surface area (Å²) in [6.07, 6.45) is 9.10. The molecule has 2 aliphatic carbocycles. The Kier molecular flexibility index (Phi) is 4.60. The summed E-state index contributed by atoms with van der Waals surface area (Å²) in [5, 5.41) is 3.43. The lowest BCUT2D eigenvalue weighted by Gasteiger charge is -2.15. The van der Waals surface area contributed by atoms with E-state index in [1.807, 2.05) is 13.0 Å². The third kappa shape index (κ3) is 4.50. The van der Waals surface area contributed by atoms with Crippen LogP contribution in [0.3, 0.4) is 0 Å². The molecule has 0 atom stereocenters. The standard InChI is InChI=1S/C14H23NO2/c1-2-17-14(16)4-3-9-15-10-13(11-5-6-11)12-7-8-12/h3-4,11-13,15H,2,5-10H2,1H3/b4-3+.